The fraction of sp³-hybridized carbons (Fsp3) is 0.289. The van der Waals surface area contributed by atoms with Crippen LogP contribution in [0.3, 0.4) is 0 Å². The smallest absolute Gasteiger partial charge is 0.344 e. The largest absolute Gasteiger partial charge is 0.496 e. The fourth-order valence-corrected chi connectivity index (χ4v) is 11.0. The van der Waals surface area contributed by atoms with Crippen LogP contribution >= 0.6 is 11.8 Å². The minimum atomic E-state index is -4.41. The lowest BCUT2D eigenvalue weighted by molar-refractivity contribution is -0.146. The summed E-state index contributed by atoms with van der Waals surface area (Å²) in [5.41, 5.74) is 4.13. The Labute approximate surface area is 387 Å². The molecule has 6 aromatic rings. The normalized spacial score (nSPS) is 12.4. The highest BCUT2D eigenvalue weighted by Gasteiger charge is 2.25. The van der Waals surface area contributed by atoms with E-state index >= 15 is 0 Å². The molecule has 21 heteroatoms. The van der Waals surface area contributed by atoms with Gasteiger partial charge in [-0.15, -0.1) is 0 Å². The van der Waals surface area contributed by atoms with Crippen LogP contribution < -0.4 is 14.2 Å². The van der Waals surface area contributed by atoms with Gasteiger partial charge in [0.15, 0.2) is 44.4 Å². The molecule has 0 aliphatic rings. The van der Waals surface area contributed by atoms with Crippen LogP contribution in [0.25, 0.3) is 11.0 Å². The number of hydrogen-bond donors (Lipinski definition) is 0. The topological polar surface area (TPSA) is 223 Å². The number of imidazole rings is 1. The molecule has 2 aromatic heterocycles. The Morgan fingerprint density at radius 1 is 0.667 bits per heavy atom. The Morgan fingerprint density at radius 2 is 1.21 bits per heavy atom. The van der Waals surface area contributed by atoms with E-state index in [1.807, 2.05) is 27.7 Å². The van der Waals surface area contributed by atoms with Gasteiger partial charge in [-0.1, -0.05) is 47.2 Å². The molecule has 0 aliphatic carbocycles. The van der Waals surface area contributed by atoms with Crippen molar-refractivity contribution in [3.05, 3.63) is 125 Å². The zero-order valence-corrected chi connectivity index (χ0v) is 40.0. The molecule has 1 unspecified atom stereocenters. The number of methoxy groups -OCH3 is 2. The van der Waals surface area contributed by atoms with Gasteiger partial charge >= 0.3 is 11.9 Å². The zero-order valence-electron chi connectivity index (χ0n) is 36.7. The van der Waals surface area contributed by atoms with E-state index < -0.39 is 85.0 Å². The average Bonchev–Trinajstić information content (AvgIpc) is 3.72. The Balaban J connectivity index is 1.18. The van der Waals surface area contributed by atoms with Crippen molar-refractivity contribution in [3.8, 4) is 17.2 Å². The summed E-state index contributed by atoms with van der Waals surface area (Å²) in [6.07, 6.45) is 2.84. The van der Waals surface area contributed by atoms with Crippen molar-refractivity contribution in [3.63, 3.8) is 0 Å². The third-order valence-corrected chi connectivity index (χ3v) is 16.2. The number of pyridine rings is 1. The van der Waals surface area contributed by atoms with Crippen molar-refractivity contribution in [2.24, 2.45) is 0 Å². The van der Waals surface area contributed by atoms with Gasteiger partial charge in [-0.3, -0.25) is 4.98 Å². The van der Waals surface area contributed by atoms with Crippen LogP contribution in [0.4, 0.5) is 0 Å². The molecule has 0 fully saturated rings. The van der Waals surface area contributed by atoms with E-state index in [1.165, 1.54) is 48.2 Å². The van der Waals surface area contributed by atoms with Gasteiger partial charge in [0.1, 0.15) is 30.7 Å². The van der Waals surface area contributed by atoms with Crippen LogP contribution in [0, 0.1) is 27.7 Å². The number of carbonyl (C=O) groups excluding carboxylic acids is 2. The second-order valence-corrected chi connectivity index (χ2v) is 21.9. The van der Waals surface area contributed by atoms with Crippen LogP contribution in [0.1, 0.15) is 33.4 Å². The molecule has 350 valence electrons. The highest BCUT2D eigenvalue weighted by atomic mass is 32.2. The van der Waals surface area contributed by atoms with Crippen molar-refractivity contribution >= 4 is 64.4 Å². The summed E-state index contributed by atoms with van der Waals surface area (Å²) in [6.45, 7) is 4.87. The van der Waals surface area contributed by atoms with E-state index in [9.17, 15) is 34.8 Å². The molecule has 0 aliphatic heterocycles. The number of sulfone groups is 2. The molecule has 66 heavy (non-hydrogen) atoms. The molecule has 0 spiro atoms. The molecule has 6 rings (SSSR count). The first kappa shape index (κ1) is 49.4. The summed E-state index contributed by atoms with van der Waals surface area (Å²) in [4.78, 5) is 34.9. The van der Waals surface area contributed by atoms with Gasteiger partial charge < -0.3 is 28.4 Å². The molecule has 1 atom stereocenters. The van der Waals surface area contributed by atoms with Crippen LogP contribution in [-0.2, 0) is 53.5 Å². The summed E-state index contributed by atoms with van der Waals surface area (Å²) in [7, 11) is -8.81. The Morgan fingerprint density at radius 3 is 1.76 bits per heavy atom. The quantitative estimate of drug-likeness (QED) is 0.0449. The summed E-state index contributed by atoms with van der Waals surface area (Å²) in [5.74, 6) is -2.74. The molecule has 17 nitrogen and oxygen atoms in total. The number of esters is 2. The lowest BCUT2D eigenvalue weighted by Gasteiger charge is -2.19. The lowest BCUT2D eigenvalue weighted by atomic mass is 10.1. The minimum Gasteiger partial charge on any atom is -0.496 e. The van der Waals surface area contributed by atoms with E-state index in [2.05, 4.69) is 9.97 Å². The Bertz CT molecular complexity index is 3070. The molecule has 2 heterocycles. The number of ether oxygens (including phenoxy) is 6. The van der Waals surface area contributed by atoms with E-state index in [0.717, 1.165) is 38.6 Å². The third-order valence-electron chi connectivity index (χ3n) is 10.0. The van der Waals surface area contributed by atoms with Gasteiger partial charge in [0, 0.05) is 35.4 Å². The number of nitrogens with zero attached hydrogens (tertiary/aromatic N) is 3. The van der Waals surface area contributed by atoms with Crippen molar-refractivity contribution in [1.82, 2.24) is 13.9 Å². The molecule has 0 amide bonds. The number of carbonyl (C=O) groups is 2. The van der Waals surface area contributed by atoms with E-state index in [0.29, 0.717) is 21.9 Å². The Kier molecular flexibility index (Phi) is 15.8. The first-order valence-electron chi connectivity index (χ1n) is 20.0. The number of thioether (sulfide) groups is 1. The summed E-state index contributed by atoms with van der Waals surface area (Å²) < 4.78 is 113. The van der Waals surface area contributed by atoms with E-state index in [4.69, 9.17) is 28.4 Å². The highest BCUT2D eigenvalue weighted by molar-refractivity contribution is 7.99. The summed E-state index contributed by atoms with van der Waals surface area (Å²) in [5, 5.41) is 0. The van der Waals surface area contributed by atoms with E-state index in [-0.39, 0.29) is 31.7 Å². The summed E-state index contributed by atoms with van der Waals surface area (Å²) in [6, 6.07) is 20.9. The van der Waals surface area contributed by atoms with Gasteiger partial charge in [-0.05, 0) is 82.3 Å². The predicted molar refractivity (Wildman–Crippen MR) is 244 cm³/mol. The van der Waals surface area contributed by atoms with E-state index in [1.54, 1.807) is 62.9 Å². The molecule has 4 aromatic carbocycles. The number of benzene rings is 4. The van der Waals surface area contributed by atoms with Gasteiger partial charge in [-0.2, -0.15) is 0 Å². The maximum Gasteiger partial charge on any atom is 0.344 e. The average molecular weight is 982 g/mol. The van der Waals surface area contributed by atoms with Crippen LogP contribution in [0.15, 0.2) is 117 Å². The molecule has 0 radical (unpaired) electrons. The van der Waals surface area contributed by atoms with Gasteiger partial charge in [-0.25, -0.2) is 43.8 Å². The van der Waals surface area contributed by atoms with Crippen LogP contribution in [0.2, 0.25) is 0 Å². The number of hydrogen-bond acceptors (Lipinski definition) is 17. The van der Waals surface area contributed by atoms with Gasteiger partial charge in [0.2, 0.25) is 0 Å². The van der Waals surface area contributed by atoms with Gasteiger partial charge in [0.25, 0.3) is 10.0 Å². The van der Waals surface area contributed by atoms with Gasteiger partial charge in [0.05, 0.1) is 50.0 Å². The van der Waals surface area contributed by atoms with Crippen LogP contribution in [0.5, 0.6) is 17.2 Å². The number of fused-ring (bicyclic) bond motifs is 1. The maximum atomic E-state index is 14.2. The third kappa shape index (κ3) is 11.9. The molecular formula is C45H47N3O14S4. The standard InChI is InChI=1S/C45H47N3O14S4/c1-29-7-12-34(13-8-29)64(51,52)21-19-59-41(49)26-61-39-18-16-36(24-40(39)62-27-42(50)60-20-22-65(53,54)35-14-9-30(2)10-15-35)66(55,56)48-28-47-37-23-33(11-17-38(37)48)63-45(58-6)43-32(4)44(57-5)31(3)25-46-43/h7-18,23-25,28,45H,19-22,26-27H2,1-6H3. The zero-order chi connectivity index (χ0) is 47.8. The molecule has 0 saturated carbocycles. The SMILES string of the molecule is COc1c(C)cnc(C(OC)Sc2ccc3c(c2)ncn3S(=O)(=O)c2ccc(OCC(=O)OCCS(=O)(=O)c3ccc(C)cc3)c(OCC(=O)OCCS(=O)(=O)c3ccc(C)cc3)c2)c1C. The first-order valence-corrected chi connectivity index (χ1v) is 25.7. The van der Waals surface area contributed by atoms with Crippen molar-refractivity contribution in [1.29, 1.82) is 0 Å². The molecule has 0 saturated heterocycles. The second-order valence-electron chi connectivity index (χ2n) is 14.8. The fourth-order valence-electron chi connectivity index (χ4n) is 6.47. The minimum absolute atomic E-state index is 0.0588. The van der Waals surface area contributed by atoms with Crippen LogP contribution in [-0.4, -0.2) is 103 Å². The lowest BCUT2D eigenvalue weighted by Crippen LogP contribution is -2.21. The molecular weight excluding hydrogens is 935 g/mol. The number of aryl methyl sites for hydroxylation is 3. The second kappa shape index (κ2) is 21.1. The first-order chi connectivity index (χ1) is 31.3. The van der Waals surface area contributed by atoms with Crippen molar-refractivity contribution in [2.45, 2.75) is 52.7 Å². The van der Waals surface area contributed by atoms with Crippen molar-refractivity contribution in [2.75, 3.05) is 52.2 Å². The van der Waals surface area contributed by atoms with Crippen molar-refractivity contribution < 1.29 is 63.3 Å². The predicted octanol–water partition coefficient (Wildman–Crippen LogP) is 6.14. The highest BCUT2D eigenvalue weighted by Crippen LogP contribution is 2.40. The maximum absolute atomic E-state index is 14.2. The summed E-state index contributed by atoms with van der Waals surface area (Å²) >= 11 is 1.34. The Hall–Kier alpha value is -6.00. The molecule has 0 bridgehead atoms. The number of rotatable bonds is 21. The monoisotopic (exact) mass is 981 g/mol. The molecule has 0 N–H and O–H groups in total. The number of aromatic nitrogens is 3.